The van der Waals surface area contributed by atoms with Gasteiger partial charge in [0.25, 0.3) is 0 Å². The van der Waals surface area contributed by atoms with E-state index in [-0.39, 0.29) is 0 Å². The van der Waals surface area contributed by atoms with Crippen molar-refractivity contribution in [2.75, 3.05) is 23.4 Å². The zero-order chi connectivity index (χ0) is 18.5. The number of rotatable bonds is 5. The van der Waals surface area contributed by atoms with Crippen LogP contribution in [0.2, 0.25) is 0 Å². The van der Waals surface area contributed by atoms with E-state index in [1.54, 1.807) is 11.3 Å². The Balaban J connectivity index is 1.48. The van der Waals surface area contributed by atoms with Crippen LogP contribution in [0.25, 0.3) is 11.3 Å². The van der Waals surface area contributed by atoms with Crippen molar-refractivity contribution >= 4 is 44.3 Å². The van der Waals surface area contributed by atoms with Crippen LogP contribution in [0.1, 0.15) is 24.8 Å². The summed E-state index contributed by atoms with van der Waals surface area (Å²) in [5.41, 5.74) is 7.51. The number of halogens is 1. The van der Waals surface area contributed by atoms with Crippen molar-refractivity contribution in [1.82, 2.24) is 4.98 Å². The van der Waals surface area contributed by atoms with Crippen LogP contribution in [0, 0.1) is 0 Å². The molecular formula is C21H21BrN4S. The summed E-state index contributed by atoms with van der Waals surface area (Å²) in [6.45, 7) is 2.22. The fourth-order valence-electron chi connectivity index (χ4n) is 3.26. The Kier molecular flexibility index (Phi) is 5.84. The molecule has 1 saturated heterocycles. The van der Waals surface area contributed by atoms with Gasteiger partial charge in [-0.2, -0.15) is 5.10 Å². The Morgan fingerprint density at radius 1 is 1.07 bits per heavy atom. The quantitative estimate of drug-likeness (QED) is 0.390. The zero-order valence-corrected chi connectivity index (χ0v) is 17.3. The van der Waals surface area contributed by atoms with E-state index in [1.165, 1.54) is 24.9 Å². The first-order valence-electron chi connectivity index (χ1n) is 9.14. The topological polar surface area (TPSA) is 40.5 Å². The predicted octanol–water partition coefficient (Wildman–Crippen LogP) is 6.01. The molecule has 2 heterocycles. The number of piperidine rings is 1. The number of hydrazone groups is 1. The first kappa shape index (κ1) is 18.2. The molecule has 0 atom stereocenters. The summed E-state index contributed by atoms with van der Waals surface area (Å²) in [5.74, 6) is 0. The van der Waals surface area contributed by atoms with Crippen molar-refractivity contribution < 1.29 is 0 Å². The lowest BCUT2D eigenvalue weighted by Gasteiger charge is -2.30. The average Bonchev–Trinajstić information content (AvgIpc) is 3.19. The Morgan fingerprint density at radius 2 is 1.89 bits per heavy atom. The van der Waals surface area contributed by atoms with E-state index in [9.17, 15) is 0 Å². The molecule has 0 aliphatic carbocycles. The molecule has 4 rings (SSSR count). The molecule has 1 aromatic heterocycles. The van der Waals surface area contributed by atoms with Gasteiger partial charge in [-0.05, 0) is 31.4 Å². The molecule has 0 amide bonds. The summed E-state index contributed by atoms with van der Waals surface area (Å²) < 4.78 is 1.10. The molecule has 1 fully saturated rings. The third kappa shape index (κ3) is 4.57. The maximum absolute atomic E-state index is 4.61. The minimum atomic E-state index is 0.793. The van der Waals surface area contributed by atoms with Gasteiger partial charge in [0.15, 0.2) is 0 Å². The van der Waals surface area contributed by atoms with Crippen molar-refractivity contribution in [3.8, 4) is 11.3 Å². The summed E-state index contributed by atoms with van der Waals surface area (Å²) in [5, 5.41) is 7.28. The van der Waals surface area contributed by atoms with Gasteiger partial charge in [-0.1, -0.05) is 52.3 Å². The fraction of sp³-hybridized carbons (Fsp3) is 0.238. The molecule has 0 radical (unpaired) electrons. The second-order valence-corrected chi connectivity index (χ2v) is 8.30. The molecule has 0 saturated carbocycles. The number of thiazole rings is 1. The third-order valence-corrected chi connectivity index (χ3v) is 5.87. The van der Waals surface area contributed by atoms with E-state index >= 15 is 0 Å². The number of nitrogens with one attached hydrogen (secondary N) is 1. The highest BCUT2D eigenvalue weighted by atomic mass is 79.9. The van der Waals surface area contributed by atoms with Gasteiger partial charge in [-0.25, -0.2) is 4.98 Å². The van der Waals surface area contributed by atoms with Crippen LogP contribution in [0.3, 0.4) is 0 Å². The summed E-state index contributed by atoms with van der Waals surface area (Å²) in [7, 11) is 0. The smallest absolute Gasteiger partial charge is 0.203 e. The maximum atomic E-state index is 4.61. The average molecular weight is 441 g/mol. The normalized spacial score (nSPS) is 14.6. The van der Waals surface area contributed by atoms with Crippen LogP contribution in [0.15, 0.2) is 63.5 Å². The van der Waals surface area contributed by atoms with Crippen molar-refractivity contribution in [3.05, 3.63) is 63.9 Å². The SMILES string of the molecule is Brc1ccc(C=NNc2nc(-c3ccccc3)cs2)c(N2CCCCC2)c1. The Labute approximate surface area is 172 Å². The van der Waals surface area contributed by atoms with E-state index in [4.69, 9.17) is 0 Å². The number of nitrogens with zero attached hydrogens (tertiary/aromatic N) is 3. The minimum absolute atomic E-state index is 0.793. The van der Waals surface area contributed by atoms with Crippen LogP contribution >= 0.6 is 27.3 Å². The molecule has 27 heavy (non-hydrogen) atoms. The molecule has 0 spiro atoms. The van der Waals surface area contributed by atoms with Gasteiger partial charge < -0.3 is 4.90 Å². The van der Waals surface area contributed by atoms with Crippen LogP contribution in [0.5, 0.6) is 0 Å². The highest BCUT2D eigenvalue weighted by Crippen LogP contribution is 2.27. The standard InChI is InChI=1S/C21H21BrN4S/c22-18-10-9-17(20(13-18)26-11-5-2-6-12-26)14-23-25-21-24-19(15-27-21)16-7-3-1-4-8-16/h1,3-4,7-10,13-15H,2,5-6,11-12H2,(H,24,25). The van der Waals surface area contributed by atoms with Gasteiger partial charge in [0.2, 0.25) is 5.13 Å². The van der Waals surface area contributed by atoms with E-state index in [0.717, 1.165) is 39.5 Å². The Bertz CT molecular complexity index is 917. The second-order valence-electron chi connectivity index (χ2n) is 6.52. The lowest BCUT2D eigenvalue weighted by molar-refractivity contribution is 0.577. The third-order valence-electron chi connectivity index (χ3n) is 4.63. The monoisotopic (exact) mass is 440 g/mol. The van der Waals surface area contributed by atoms with E-state index < -0.39 is 0 Å². The number of anilines is 2. The number of benzene rings is 2. The summed E-state index contributed by atoms with van der Waals surface area (Å²) in [6.07, 6.45) is 5.72. The Hall–Kier alpha value is -2.18. The number of aromatic nitrogens is 1. The summed E-state index contributed by atoms with van der Waals surface area (Å²) >= 11 is 5.16. The van der Waals surface area contributed by atoms with Crippen LogP contribution in [-0.4, -0.2) is 24.3 Å². The molecule has 6 heteroatoms. The van der Waals surface area contributed by atoms with Crippen LogP contribution in [0.4, 0.5) is 10.8 Å². The first-order chi connectivity index (χ1) is 13.3. The largest absolute Gasteiger partial charge is 0.371 e. The predicted molar refractivity (Wildman–Crippen MR) is 119 cm³/mol. The van der Waals surface area contributed by atoms with Gasteiger partial charge >= 0.3 is 0 Å². The molecule has 0 bridgehead atoms. The van der Waals surface area contributed by atoms with Gasteiger partial charge in [-0.15, -0.1) is 11.3 Å². The van der Waals surface area contributed by atoms with E-state index in [1.807, 2.05) is 29.8 Å². The lowest BCUT2D eigenvalue weighted by atomic mass is 10.1. The van der Waals surface area contributed by atoms with E-state index in [0.29, 0.717) is 0 Å². The second kappa shape index (κ2) is 8.67. The van der Waals surface area contributed by atoms with Crippen molar-refractivity contribution in [2.45, 2.75) is 19.3 Å². The Morgan fingerprint density at radius 3 is 2.70 bits per heavy atom. The zero-order valence-electron chi connectivity index (χ0n) is 14.9. The minimum Gasteiger partial charge on any atom is -0.371 e. The molecule has 3 aromatic rings. The first-order valence-corrected chi connectivity index (χ1v) is 10.8. The van der Waals surface area contributed by atoms with Gasteiger partial charge in [0.05, 0.1) is 11.9 Å². The van der Waals surface area contributed by atoms with Crippen LogP contribution in [-0.2, 0) is 0 Å². The fourth-order valence-corrected chi connectivity index (χ4v) is 4.28. The summed E-state index contributed by atoms with van der Waals surface area (Å²) in [6, 6.07) is 16.5. The van der Waals surface area contributed by atoms with Gasteiger partial charge in [-0.3, -0.25) is 5.43 Å². The summed E-state index contributed by atoms with van der Waals surface area (Å²) in [4.78, 5) is 7.06. The molecule has 1 aliphatic heterocycles. The lowest BCUT2D eigenvalue weighted by Crippen LogP contribution is -2.30. The molecule has 1 N–H and O–H groups in total. The van der Waals surface area contributed by atoms with Gasteiger partial charge in [0.1, 0.15) is 0 Å². The van der Waals surface area contributed by atoms with Crippen molar-refractivity contribution in [3.63, 3.8) is 0 Å². The number of hydrogen-bond acceptors (Lipinski definition) is 5. The van der Waals surface area contributed by atoms with Crippen molar-refractivity contribution in [2.24, 2.45) is 5.10 Å². The molecular weight excluding hydrogens is 420 g/mol. The molecule has 0 unspecified atom stereocenters. The molecule has 138 valence electrons. The van der Waals surface area contributed by atoms with E-state index in [2.05, 4.69) is 66.7 Å². The van der Waals surface area contributed by atoms with Gasteiger partial charge in [0, 0.05) is 39.8 Å². The van der Waals surface area contributed by atoms with Crippen molar-refractivity contribution in [1.29, 1.82) is 0 Å². The maximum Gasteiger partial charge on any atom is 0.203 e. The number of hydrogen-bond donors (Lipinski definition) is 1. The molecule has 4 nitrogen and oxygen atoms in total. The molecule has 1 aliphatic rings. The van der Waals surface area contributed by atoms with Crippen LogP contribution < -0.4 is 10.3 Å². The molecule has 2 aromatic carbocycles. The highest BCUT2D eigenvalue weighted by Gasteiger charge is 2.14. The highest BCUT2D eigenvalue weighted by molar-refractivity contribution is 9.10.